The second-order valence-electron chi connectivity index (χ2n) is 7.77. The minimum Gasteiger partial charge on any atom is -0.448 e. The fourth-order valence-electron chi connectivity index (χ4n) is 3.43. The lowest BCUT2D eigenvalue weighted by atomic mass is 10.0. The van der Waals surface area contributed by atoms with Crippen molar-refractivity contribution in [2.45, 2.75) is 26.5 Å². The number of rotatable bonds is 9. The molecule has 0 bridgehead atoms. The lowest BCUT2D eigenvalue weighted by Gasteiger charge is -2.19. The molecule has 5 N–H and O–H groups in total. The molecule has 0 aliphatic rings. The lowest BCUT2D eigenvalue weighted by Crippen LogP contribution is -2.31. The molecule has 0 spiro atoms. The second kappa shape index (κ2) is 12.5. The Balaban J connectivity index is 1.73. The van der Waals surface area contributed by atoms with Crippen molar-refractivity contribution in [2.75, 3.05) is 18.9 Å². The maximum atomic E-state index is 15.0. The first-order valence-corrected chi connectivity index (χ1v) is 11.4. The summed E-state index contributed by atoms with van der Waals surface area (Å²) in [6, 6.07) is 11.9. The molecule has 2 amide bonds. The smallest absolute Gasteiger partial charge is 0.435 e. The molecule has 9 nitrogen and oxygen atoms in total. The molecule has 1 unspecified atom stereocenters. The van der Waals surface area contributed by atoms with E-state index in [2.05, 4.69) is 15.3 Å². The van der Waals surface area contributed by atoms with Crippen LogP contribution in [0, 0.1) is 11.6 Å². The minimum absolute atomic E-state index is 0.0189. The van der Waals surface area contributed by atoms with Crippen LogP contribution in [0.5, 0.6) is 0 Å². The van der Waals surface area contributed by atoms with Crippen LogP contribution in [-0.4, -0.2) is 36.0 Å². The normalized spacial score (nSPS) is 12.2. The van der Waals surface area contributed by atoms with Crippen molar-refractivity contribution in [3.63, 3.8) is 0 Å². The number of nitrogen functional groups attached to an aromatic ring is 1. The first-order valence-electron chi connectivity index (χ1n) is 11.4. The van der Waals surface area contributed by atoms with E-state index < -0.39 is 35.3 Å². The Labute approximate surface area is 212 Å². The highest BCUT2D eigenvalue weighted by molar-refractivity contribution is 6.02. The maximum absolute atomic E-state index is 15.0. The number of amidine groups is 1. The molecule has 0 aliphatic heterocycles. The van der Waals surface area contributed by atoms with Crippen molar-refractivity contribution in [2.24, 2.45) is 10.7 Å². The van der Waals surface area contributed by atoms with Gasteiger partial charge in [0.2, 0.25) is 0 Å². The molecule has 194 valence electrons. The predicted octanol–water partition coefficient (Wildman–Crippen LogP) is 3.86. The topological polar surface area (TPSA) is 142 Å². The average molecular weight is 512 g/mol. The number of carbonyl (C=O) groups excluding carboxylic acids is 2. The van der Waals surface area contributed by atoms with E-state index in [1.54, 1.807) is 44.2 Å². The largest absolute Gasteiger partial charge is 0.448 e. The molecular weight excluding hydrogens is 484 g/mol. The Bertz CT molecular complexity index is 1260. The Morgan fingerprint density at radius 1 is 1.03 bits per heavy atom. The quantitative estimate of drug-likeness (QED) is 0.292. The Morgan fingerprint density at radius 3 is 2.27 bits per heavy atom. The van der Waals surface area contributed by atoms with Gasteiger partial charge in [-0.05, 0) is 49.2 Å². The van der Waals surface area contributed by atoms with Crippen LogP contribution in [0.25, 0.3) is 11.1 Å². The van der Waals surface area contributed by atoms with Gasteiger partial charge in [-0.3, -0.25) is 4.79 Å². The van der Waals surface area contributed by atoms with E-state index in [4.69, 9.17) is 20.9 Å². The number of benzene rings is 2. The summed E-state index contributed by atoms with van der Waals surface area (Å²) in [6.07, 6.45) is -0.900. The summed E-state index contributed by atoms with van der Waals surface area (Å²) >= 11 is 0. The van der Waals surface area contributed by atoms with Crippen LogP contribution >= 0.6 is 0 Å². The zero-order valence-corrected chi connectivity index (χ0v) is 20.3. The number of carbonyl (C=O) groups is 2. The molecule has 1 atom stereocenters. The molecule has 3 rings (SSSR count). The number of anilines is 1. The van der Waals surface area contributed by atoms with E-state index in [-0.39, 0.29) is 37.0 Å². The molecule has 0 fully saturated rings. The van der Waals surface area contributed by atoms with Gasteiger partial charge >= 0.3 is 6.09 Å². The van der Waals surface area contributed by atoms with Crippen molar-refractivity contribution in [1.29, 1.82) is 0 Å². The van der Waals surface area contributed by atoms with E-state index in [0.717, 1.165) is 12.1 Å². The summed E-state index contributed by atoms with van der Waals surface area (Å²) in [7, 11) is 0. The second-order valence-corrected chi connectivity index (χ2v) is 7.77. The Kier molecular flexibility index (Phi) is 9.22. The number of ether oxygens (including phenoxy) is 2. The van der Waals surface area contributed by atoms with Gasteiger partial charge in [0.15, 0.2) is 6.10 Å². The fourth-order valence-corrected chi connectivity index (χ4v) is 3.43. The van der Waals surface area contributed by atoms with Crippen LogP contribution in [0.3, 0.4) is 0 Å². The third-order valence-corrected chi connectivity index (χ3v) is 5.23. The van der Waals surface area contributed by atoms with Crippen LogP contribution in [0.2, 0.25) is 0 Å². The van der Waals surface area contributed by atoms with Gasteiger partial charge in [0.1, 0.15) is 23.3 Å². The van der Waals surface area contributed by atoms with Gasteiger partial charge in [-0.1, -0.05) is 24.3 Å². The fraction of sp³-hybridized carbons (Fsp3) is 0.231. The van der Waals surface area contributed by atoms with Crippen molar-refractivity contribution < 1.29 is 27.8 Å². The van der Waals surface area contributed by atoms with Crippen molar-refractivity contribution in [3.05, 3.63) is 83.1 Å². The molecular formula is C26H27F2N5O4. The summed E-state index contributed by atoms with van der Waals surface area (Å²) in [5.74, 6) is -2.32. The first-order chi connectivity index (χ1) is 17.7. The lowest BCUT2D eigenvalue weighted by molar-refractivity contribution is -0.133. The van der Waals surface area contributed by atoms with Crippen LogP contribution in [0.15, 0.2) is 59.7 Å². The molecule has 2 aromatic carbocycles. The molecule has 11 heteroatoms. The van der Waals surface area contributed by atoms with Gasteiger partial charge in [0.05, 0.1) is 12.2 Å². The number of pyridine rings is 1. The summed E-state index contributed by atoms with van der Waals surface area (Å²) < 4.78 is 40.2. The molecule has 1 heterocycles. The van der Waals surface area contributed by atoms with Gasteiger partial charge in [0, 0.05) is 30.5 Å². The number of hydrogen-bond donors (Lipinski definition) is 3. The van der Waals surface area contributed by atoms with Crippen molar-refractivity contribution in [1.82, 2.24) is 10.3 Å². The summed E-state index contributed by atoms with van der Waals surface area (Å²) in [5, 5.41) is 2.63. The Morgan fingerprint density at radius 2 is 1.70 bits per heavy atom. The maximum Gasteiger partial charge on any atom is 0.435 e. The number of nitrogens with two attached hydrogens (primary N) is 2. The highest BCUT2D eigenvalue weighted by atomic mass is 19.1. The Hall–Kier alpha value is -4.38. The molecule has 0 saturated heterocycles. The highest BCUT2D eigenvalue weighted by Crippen LogP contribution is 2.30. The van der Waals surface area contributed by atoms with Crippen LogP contribution in [0.1, 0.15) is 36.6 Å². The third kappa shape index (κ3) is 7.07. The van der Waals surface area contributed by atoms with Gasteiger partial charge in [-0.25, -0.2) is 18.6 Å². The number of nitrogens with zero attached hydrogens (tertiary/aromatic N) is 2. The van der Waals surface area contributed by atoms with Crippen LogP contribution in [0.4, 0.5) is 19.4 Å². The molecule has 1 aromatic heterocycles. The molecule has 0 saturated carbocycles. The summed E-state index contributed by atoms with van der Waals surface area (Å²) in [6.45, 7) is 3.55. The number of nitrogens with one attached hydrogen (secondary N) is 1. The molecule has 37 heavy (non-hydrogen) atoms. The van der Waals surface area contributed by atoms with Gasteiger partial charge in [-0.2, -0.15) is 4.99 Å². The van der Waals surface area contributed by atoms with E-state index in [0.29, 0.717) is 16.7 Å². The van der Waals surface area contributed by atoms with E-state index in [1.165, 1.54) is 12.3 Å². The molecule has 0 radical (unpaired) electrons. The minimum atomic E-state index is -1.50. The first kappa shape index (κ1) is 27.2. The SMILES string of the molecule is CCOC(=O)N=C(N)c1ccc(CNC(=O)C(OCC)c2c(F)cc(-c3ccc(N)nc3)cc2F)cc1. The van der Waals surface area contributed by atoms with E-state index >= 15 is 8.78 Å². The number of aromatic nitrogens is 1. The summed E-state index contributed by atoms with van der Waals surface area (Å²) in [4.78, 5) is 31.9. The average Bonchev–Trinajstić information content (AvgIpc) is 2.87. The zero-order chi connectivity index (χ0) is 26.9. The summed E-state index contributed by atoms with van der Waals surface area (Å²) in [5.41, 5.74) is 12.7. The standard InChI is InChI=1S/C26H27F2N5O4/c1-3-36-23(22-19(27)11-18(12-20(22)28)17-9-10-21(29)31-14-17)25(34)32-13-15-5-7-16(8-6-15)24(30)33-26(35)37-4-2/h5-12,14,23H,3-4,13H2,1-2H3,(H2,29,31)(H,32,34)(H2,30,33,35). The number of amides is 2. The van der Waals surface area contributed by atoms with Crippen LogP contribution in [-0.2, 0) is 20.8 Å². The number of halogens is 2. The zero-order valence-electron chi connectivity index (χ0n) is 20.3. The van der Waals surface area contributed by atoms with Crippen LogP contribution < -0.4 is 16.8 Å². The van der Waals surface area contributed by atoms with Gasteiger partial charge < -0.3 is 26.3 Å². The number of aliphatic imine (C=N–C) groups is 1. The predicted molar refractivity (Wildman–Crippen MR) is 134 cm³/mol. The van der Waals surface area contributed by atoms with Gasteiger partial charge in [0.25, 0.3) is 5.91 Å². The molecule has 3 aromatic rings. The molecule has 0 aliphatic carbocycles. The number of hydrogen-bond acceptors (Lipinski definition) is 6. The van der Waals surface area contributed by atoms with Gasteiger partial charge in [-0.15, -0.1) is 0 Å². The van der Waals surface area contributed by atoms with Crippen molar-refractivity contribution >= 4 is 23.7 Å². The van der Waals surface area contributed by atoms with Crippen molar-refractivity contribution in [3.8, 4) is 11.1 Å². The third-order valence-electron chi connectivity index (χ3n) is 5.23. The van der Waals surface area contributed by atoms with E-state index in [1.807, 2.05) is 0 Å². The monoisotopic (exact) mass is 511 g/mol. The highest BCUT2D eigenvalue weighted by Gasteiger charge is 2.28. The van der Waals surface area contributed by atoms with E-state index in [9.17, 15) is 9.59 Å².